The van der Waals surface area contributed by atoms with Gasteiger partial charge in [-0.05, 0) is 67.4 Å². The Labute approximate surface area is 163 Å². The molecule has 1 aliphatic rings. The summed E-state index contributed by atoms with van der Waals surface area (Å²) < 4.78 is 10.7. The Balaban J connectivity index is 1.50. The maximum absolute atomic E-state index is 6.47. The molecule has 1 aromatic heterocycles. The highest BCUT2D eigenvalue weighted by atomic mass is 35.5. The van der Waals surface area contributed by atoms with Crippen LogP contribution in [0.15, 0.2) is 47.0 Å². The van der Waals surface area contributed by atoms with Crippen molar-refractivity contribution in [3.63, 3.8) is 0 Å². The number of nitrogens with one attached hydrogen (secondary N) is 2. The first-order chi connectivity index (χ1) is 13.2. The number of hydrogen-bond acceptors (Lipinski definition) is 5. The number of methoxy groups -OCH3 is 1. The normalized spacial score (nSPS) is 13.7. The van der Waals surface area contributed by atoms with E-state index in [-0.39, 0.29) is 0 Å². The van der Waals surface area contributed by atoms with E-state index >= 15 is 0 Å². The van der Waals surface area contributed by atoms with E-state index in [2.05, 4.69) is 21.9 Å². The molecule has 5 nitrogen and oxygen atoms in total. The number of nitrogens with zero attached hydrogens (tertiary/aromatic N) is 1. The molecule has 2 heterocycles. The van der Waals surface area contributed by atoms with Crippen LogP contribution in [0.4, 0.5) is 5.69 Å². The fourth-order valence-corrected chi connectivity index (χ4v) is 3.65. The van der Waals surface area contributed by atoms with Gasteiger partial charge >= 0.3 is 0 Å². The summed E-state index contributed by atoms with van der Waals surface area (Å²) in [5.41, 5.74) is 5.44. The zero-order valence-corrected chi connectivity index (χ0v) is 16.0. The van der Waals surface area contributed by atoms with Gasteiger partial charge in [0.1, 0.15) is 11.4 Å². The number of fused-ring (bicyclic) bond motifs is 1. The smallest absolute Gasteiger partial charge is 0.156 e. The number of anilines is 1. The van der Waals surface area contributed by atoms with E-state index < -0.39 is 0 Å². The second-order valence-electron chi connectivity index (χ2n) is 6.57. The van der Waals surface area contributed by atoms with Gasteiger partial charge in [-0.1, -0.05) is 22.8 Å². The van der Waals surface area contributed by atoms with Crippen LogP contribution in [-0.2, 0) is 19.4 Å². The fraction of sp³-hybridized carbons (Fsp3) is 0.286. The summed E-state index contributed by atoms with van der Waals surface area (Å²) in [4.78, 5) is 0. The number of rotatable bonds is 5. The highest BCUT2D eigenvalue weighted by Gasteiger charge is 2.15. The molecule has 4 rings (SSSR count). The average Bonchev–Trinajstić information content (AvgIpc) is 3.04. The highest BCUT2D eigenvalue weighted by molar-refractivity contribution is 6.33. The van der Waals surface area contributed by atoms with E-state index in [4.69, 9.17) is 20.9 Å². The summed E-state index contributed by atoms with van der Waals surface area (Å²) in [5, 5.41) is 11.8. The predicted molar refractivity (Wildman–Crippen MR) is 108 cm³/mol. The van der Waals surface area contributed by atoms with Crippen LogP contribution in [0.3, 0.4) is 0 Å². The molecule has 0 amide bonds. The van der Waals surface area contributed by atoms with Gasteiger partial charge < -0.3 is 19.9 Å². The maximum atomic E-state index is 6.47. The molecular formula is C21H22ClN3O2. The van der Waals surface area contributed by atoms with Crippen molar-refractivity contribution in [3.05, 3.63) is 64.4 Å². The Morgan fingerprint density at radius 3 is 2.78 bits per heavy atom. The van der Waals surface area contributed by atoms with Crippen molar-refractivity contribution in [1.82, 2.24) is 10.5 Å². The molecule has 0 saturated carbocycles. The maximum Gasteiger partial charge on any atom is 0.156 e. The first-order valence-electron chi connectivity index (χ1n) is 9.09. The molecule has 0 radical (unpaired) electrons. The van der Waals surface area contributed by atoms with Gasteiger partial charge in [-0.3, -0.25) is 0 Å². The number of hydrogen-bond donors (Lipinski definition) is 2. The fourth-order valence-electron chi connectivity index (χ4n) is 3.40. The number of halogens is 1. The number of aromatic nitrogens is 1. The van der Waals surface area contributed by atoms with Gasteiger partial charge in [0.2, 0.25) is 0 Å². The van der Waals surface area contributed by atoms with Crippen molar-refractivity contribution < 1.29 is 9.26 Å². The summed E-state index contributed by atoms with van der Waals surface area (Å²) in [6.07, 6.45) is 1.98. The van der Waals surface area contributed by atoms with Crippen LogP contribution in [-0.4, -0.2) is 25.4 Å². The van der Waals surface area contributed by atoms with E-state index in [0.29, 0.717) is 6.54 Å². The summed E-state index contributed by atoms with van der Waals surface area (Å²) in [6, 6.07) is 13.8. The van der Waals surface area contributed by atoms with Crippen LogP contribution in [0.5, 0.6) is 5.75 Å². The third kappa shape index (κ3) is 3.94. The number of benzene rings is 2. The molecule has 2 aromatic carbocycles. The molecule has 0 fully saturated rings. The monoisotopic (exact) mass is 383 g/mol. The molecule has 0 unspecified atom stereocenters. The Bertz CT molecular complexity index is 922. The molecular weight excluding hydrogens is 362 g/mol. The van der Waals surface area contributed by atoms with Crippen molar-refractivity contribution in [2.45, 2.75) is 19.4 Å². The Morgan fingerprint density at radius 1 is 1.15 bits per heavy atom. The standard InChI is InChI=1S/C21H22ClN3O2/c1-26-16-5-2-15(3-6-16)20-12-17(27-25-20)13-24-21-18-9-11-23-10-8-14(18)4-7-19(21)22/h2-7,12,23-24H,8-11,13H2,1H3. The molecule has 6 heteroatoms. The third-order valence-corrected chi connectivity index (χ3v) is 5.18. The molecule has 0 atom stereocenters. The lowest BCUT2D eigenvalue weighted by Crippen LogP contribution is -2.16. The minimum atomic E-state index is 0.534. The van der Waals surface area contributed by atoms with Crippen LogP contribution < -0.4 is 15.4 Å². The topological polar surface area (TPSA) is 59.3 Å². The van der Waals surface area contributed by atoms with Gasteiger partial charge in [0.15, 0.2) is 5.76 Å². The van der Waals surface area contributed by atoms with Gasteiger partial charge in [0.25, 0.3) is 0 Å². The van der Waals surface area contributed by atoms with Crippen LogP contribution in [0, 0.1) is 0 Å². The largest absolute Gasteiger partial charge is 0.497 e. The molecule has 1 aliphatic heterocycles. The minimum absolute atomic E-state index is 0.534. The Kier molecular flexibility index (Phi) is 5.32. The summed E-state index contributed by atoms with van der Waals surface area (Å²) in [7, 11) is 1.65. The quantitative estimate of drug-likeness (QED) is 0.687. The lowest BCUT2D eigenvalue weighted by atomic mass is 10.0. The van der Waals surface area contributed by atoms with Crippen molar-refractivity contribution in [1.29, 1.82) is 0 Å². The van der Waals surface area contributed by atoms with E-state index in [1.807, 2.05) is 36.4 Å². The summed E-state index contributed by atoms with van der Waals surface area (Å²) in [6.45, 7) is 2.50. The Hall–Kier alpha value is -2.50. The van der Waals surface area contributed by atoms with Gasteiger partial charge in [-0.2, -0.15) is 0 Å². The molecule has 27 heavy (non-hydrogen) atoms. The first kappa shape index (κ1) is 17.9. The molecule has 2 N–H and O–H groups in total. The van der Waals surface area contributed by atoms with E-state index in [1.54, 1.807) is 7.11 Å². The molecule has 0 spiro atoms. The zero-order valence-electron chi connectivity index (χ0n) is 15.2. The van der Waals surface area contributed by atoms with E-state index in [1.165, 1.54) is 11.1 Å². The van der Waals surface area contributed by atoms with E-state index in [0.717, 1.165) is 59.4 Å². The van der Waals surface area contributed by atoms with Crippen molar-refractivity contribution >= 4 is 17.3 Å². The highest BCUT2D eigenvalue weighted by Crippen LogP contribution is 2.31. The lowest BCUT2D eigenvalue weighted by molar-refractivity contribution is 0.390. The Morgan fingerprint density at radius 2 is 1.96 bits per heavy atom. The summed E-state index contributed by atoms with van der Waals surface area (Å²) in [5.74, 6) is 1.58. The predicted octanol–water partition coefficient (Wildman–Crippen LogP) is 4.30. The molecule has 0 aliphatic carbocycles. The van der Waals surface area contributed by atoms with Crippen LogP contribution in [0.25, 0.3) is 11.3 Å². The van der Waals surface area contributed by atoms with Gasteiger partial charge in [0, 0.05) is 11.6 Å². The van der Waals surface area contributed by atoms with Crippen molar-refractivity contribution in [3.8, 4) is 17.0 Å². The SMILES string of the molecule is COc1ccc(-c2cc(CNc3c(Cl)ccc4c3CCNCC4)on2)cc1. The van der Waals surface area contributed by atoms with Crippen LogP contribution in [0.1, 0.15) is 16.9 Å². The van der Waals surface area contributed by atoms with Gasteiger partial charge in [0.05, 0.1) is 24.4 Å². The minimum Gasteiger partial charge on any atom is -0.497 e. The van der Waals surface area contributed by atoms with Crippen molar-refractivity contribution in [2.24, 2.45) is 0 Å². The molecule has 0 saturated heterocycles. The lowest BCUT2D eigenvalue weighted by Gasteiger charge is -2.15. The zero-order chi connectivity index (χ0) is 18.6. The van der Waals surface area contributed by atoms with Crippen LogP contribution >= 0.6 is 11.6 Å². The van der Waals surface area contributed by atoms with Gasteiger partial charge in [-0.25, -0.2) is 0 Å². The third-order valence-electron chi connectivity index (χ3n) is 4.87. The van der Waals surface area contributed by atoms with Crippen molar-refractivity contribution in [2.75, 3.05) is 25.5 Å². The second kappa shape index (κ2) is 8.03. The molecule has 140 valence electrons. The second-order valence-corrected chi connectivity index (χ2v) is 6.98. The van der Waals surface area contributed by atoms with E-state index in [9.17, 15) is 0 Å². The van der Waals surface area contributed by atoms with Crippen LogP contribution in [0.2, 0.25) is 5.02 Å². The average molecular weight is 384 g/mol. The molecule has 0 bridgehead atoms. The van der Waals surface area contributed by atoms with Gasteiger partial charge in [-0.15, -0.1) is 0 Å². The number of ether oxygens (including phenoxy) is 1. The summed E-state index contributed by atoms with van der Waals surface area (Å²) >= 11 is 6.47. The molecule has 3 aromatic rings. The first-order valence-corrected chi connectivity index (χ1v) is 9.47.